The van der Waals surface area contributed by atoms with Gasteiger partial charge in [0.05, 0.1) is 12.6 Å². The third-order valence-corrected chi connectivity index (χ3v) is 8.08. The fourth-order valence-corrected chi connectivity index (χ4v) is 5.40. The predicted octanol–water partition coefficient (Wildman–Crippen LogP) is -1.89. The summed E-state index contributed by atoms with van der Waals surface area (Å²) in [5, 5.41) is 23.1. The van der Waals surface area contributed by atoms with Gasteiger partial charge in [0.25, 0.3) is 0 Å². The first kappa shape index (κ1) is 38.8. The molecule has 4 atom stereocenters. The number of H-pyrrole nitrogens is 1. The van der Waals surface area contributed by atoms with Crippen LogP contribution >= 0.6 is 0 Å². The monoisotopic (exact) mass is 721 g/mol. The van der Waals surface area contributed by atoms with Gasteiger partial charge in [-0.1, -0.05) is 12.1 Å². The molecule has 19 heteroatoms. The van der Waals surface area contributed by atoms with Gasteiger partial charge in [0.15, 0.2) is 0 Å². The van der Waals surface area contributed by atoms with E-state index in [2.05, 4.69) is 41.9 Å². The molecule has 278 valence electrons. The van der Waals surface area contributed by atoms with Crippen LogP contribution in [0.4, 0.5) is 0 Å². The normalized spacial score (nSPS) is 17.8. The number of Topliss-reactive ketones (excluding diaryl/α,β-unsaturated/α-hetero) is 1. The minimum Gasteiger partial charge on any atom is -0.492 e. The van der Waals surface area contributed by atoms with E-state index in [-0.39, 0.29) is 45.1 Å². The maximum Gasteiger partial charge on any atom is 0.248 e. The zero-order valence-corrected chi connectivity index (χ0v) is 29.2. The molecule has 0 unspecified atom stereocenters. The number of ether oxygens (including phenoxy) is 2. The number of rotatable bonds is 13. The number of tetrazole rings is 1. The number of hydrogen-bond donors (Lipinski definition) is 7. The van der Waals surface area contributed by atoms with Gasteiger partial charge >= 0.3 is 0 Å². The molecule has 5 amide bonds. The molecule has 0 saturated carbocycles. The second-order valence-corrected chi connectivity index (χ2v) is 12.0. The number of likely N-dealkylation sites (N-methyl/N-ethyl adjacent to an activating group) is 1. The summed E-state index contributed by atoms with van der Waals surface area (Å²) in [6, 6.07) is 5.25. The summed E-state index contributed by atoms with van der Waals surface area (Å²) < 4.78 is 12.0. The van der Waals surface area contributed by atoms with Gasteiger partial charge in [-0.2, -0.15) is 0 Å². The van der Waals surface area contributed by atoms with E-state index in [1.165, 1.54) is 27.8 Å². The highest BCUT2D eigenvalue weighted by atomic mass is 16.5. The van der Waals surface area contributed by atoms with Gasteiger partial charge in [-0.25, -0.2) is 5.10 Å². The number of nitrogens with one attached hydrogen (secondary N) is 5. The molecule has 19 nitrogen and oxygen atoms in total. The largest absolute Gasteiger partial charge is 0.492 e. The summed E-state index contributed by atoms with van der Waals surface area (Å²) in [5.41, 5.74) is 13.4. The summed E-state index contributed by atoms with van der Waals surface area (Å²) in [6.07, 6.45) is -0.0467. The number of ketones is 1. The molecule has 0 fully saturated rings. The number of benzene rings is 2. The van der Waals surface area contributed by atoms with E-state index in [1.807, 2.05) is 0 Å². The topological polar surface area (TPSA) is 279 Å². The smallest absolute Gasteiger partial charge is 0.248 e. The van der Waals surface area contributed by atoms with Gasteiger partial charge in [-0.15, -0.1) is 5.10 Å². The Morgan fingerprint density at radius 3 is 2.25 bits per heavy atom. The average molecular weight is 722 g/mol. The van der Waals surface area contributed by atoms with Crippen LogP contribution in [0.1, 0.15) is 48.6 Å². The number of fused-ring (bicyclic) bond motifs is 5. The van der Waals surface area contributed by atoms with Crippen molar-refractivity contribution in [1.29, 1.82) is 0 Å². The fourth-order valence-electron chi connectivity index (χ4n) is 5.40. The molecule has 9 N–H and O–H groups in total. The van der Waals surface area contributed by atoms with Gasteiger partial charge in [-0.3, -0.25) is 28.8 Å². The first-order valence-corrected chi connectivity index (χ1v) is 16.5. The van der Waals surface area contributed by atoms with Crippen molar-refractivity contribution >= 4 is 35.3 Å². The number of carbonyl (C=O) groups excluding carboxylic acids is 6. The number of aromatic amines is 1. The molecule has 1 aliphatic heterocycles. The van der Waals surface area contributed by atoms with Gasteiger partial charge in [-0.05, 0) is 59.7 Å². The molecular formula is C33H43N11O8. The lowest BCUT2D eigenvalue weighted by Gasteiger charge is -2.30. The number of aromatic nitrogens is 4. The quantitative estimate of drug-likeness (QED) is 0.0953. The summed E-state index contributed by atoms with van der Waals surface area (Å²) in [7, 11) is 1.40. The Kier molecular flexibility index (Phi) is 13.3. The van der Waals surface area contributed by atoms with Crippen LogP contribution in [0.5, 0.6) is 11.5 Å². The molecular weight excluding hydrogens is 678 g/mol. The van der Waals surface area contributed by atoms with Crippen LogP contribution in [-0.4, -0.2) is 119 Å². The number of carbonyl (C=O) groups is 6. The van der Waals surface area contributed by atoms with Crippen LogP contribution < -0.4 is 42.2 Å². The molecule has 4 rings (SSSR count). The van der Waals surface area contributed by atoms with Crippen LogP contribution in [0.15, 0.2) is 36.4 Å². The first-order valence-electron chi connectivity index (χ1n) is 16.5. The molecule has 0 aliphatic carbocycles. The summed E-state index contributed by atoms with van der Waals surface area (Å²) in [5.74, 6) is -3.16. The Balaban J connectivity index is 1.86. The van der Waals surface area contributed by atoms with Crippen LogP contribution in [0, 0.1) is 0 Å². The highest BCUT2D eigenvalue weighted by Crippen LogP contribution is 2.40. The average Bonchev–Trinajstić information content (AvgIpc) is 3.66. The highest BCUT2D eigenvalue weighted by Gasteiger charge is 2.34. The van der Waals surface area contributed by atoms with E-state index >= 15 is 0 Å². The molecule has 0 radical (unpaired) electrons. The number of nitrogens with two attached hydrogens (primary N) is 2. The van der Waals surface area contributed by atoms with Crippen LogP contribution in [0.25, 0.3) is 11.1 Å². The minimum atomic E-state index is -1.30. The van der Waals surface area contributed by atoms with E-state index < -0.39 is 59.5 Å². The molecule has 3 aromatic rings. The lowest BCUT2D eigenvalue weighted by molar-refractivity contribution is -0.140. The van der Waals surface area contributed by atoms with Crippen molar-refractivity contribution in [2.24, 2.45) is 11.5 Å². The third kappa shape index (κ3) is 9.63. The van der Waals surface area contributed by atoms with Crippen molar-refractivity contribution in [2.45, 2.75) is 51.4 Å². The molecule has 2 heterocycles. The Labute approximate surface area is 298 Å². The van der Waals surface area contributed by atoms with Crippen molar-refractivity contribution in [2.75, 3.05) is 39.9 Å². The zero-order chi connectivity index (χ0) is 37.9. The van der Waals surface area contributed by atoms with Crippen LogP contribution in [0.3, 0.4) is 0 Å². The Hall–Kier alpha value is -5.95. The van der Waals surface area contributed by atoms with Crippen molar-refractivity contribution in [3.05, 3.63) is 53.3 Å². The number of amides is 5. The molecule has 0 spiro atoms. The maximum atomic E-state index is 14.0. The van der Waals surface area contributed by atoms with E-state index in [0.717, 1.165) is 4.90 Å². The van der Waals surface area contributed by atoms with Crippen molar-refractivity contribution in [3.8, 4) is 22.6 Å². The Morgan fingerprint density at radius 1 is 0.981 bits per heavy atom. The molecule has 1 aromatic heterocycles. The minimum absolute atomic E-state index is 0.0467. The third-order valence-electron chi connectivity index (χ3n) is 8.08. The SMILES string of the molecule is CC(=O)NCC(=O)N(C)[C@@H]1C(=O)N[C@@H](C)C(=O)N[C@H](C(=O)N[C@@H](C)C(=O)c2nnn[nH]2)Cc2ccc(OCCN)c(c2)-c2cc1ccc2OCCN. The van der Waals surface area contributed by atoms with E-state index in [0.29, 0.717) is 33.8 Å². The number of nitrogens with zero attached hydrogens (tertiary/aromatic N) is 4. The number of hydrogen-bond acceptors (Lipinski definition) is 13. The zero-order valence-electron chi connectivity index (χ0n) is 29.2. The highest BCUT2D eigenvalue weighted by molar-refractivity contribution is 6.00. The standard InChI is InChI=1S/C33H43N11O8/c1-17(29(47)30-40-42-43-41-30)37-32(49)24-14-20-5-7-25(51-11-9-34)22(13-20)23-15-21(6-8-26(23)52-12-10-35)28(33(50)38-18(2)31(48)39-24)44(4)27(46)16-36-19(3)45/h5-8,13,15,17-18,24,28H,9-12,14,16,34-35H2,1-4H3,(H,36,45)(H,37,49)(H,38,50)(H,39,48)(H,40,41,42,43)/t17-,18-,24-,28-/m0/s1. The lowest BCUT2D eigenvalue weighted by atomic mass is 9.93. The van der Waals surface area contributed by atoms with Crippen molar-refractivity contribution < 1.29 is 38.2 Å². The summed E-state index contributed by atoms with van der Waals surface area (Å²) >= 11 is 0. The van der Waals surface area contributed by atoms with Gasteiger partial charge < -0.3 is 47.1 Å². The molecule has 1 aliphatic rings. The van der Waals surface area contributed by atoms with Gasteiger partial charge in [0.2, 0.25) is 41.1 Å². The fraction of sp³-hybridized carbons (Fsp3) is 0.424. The van der Waals surface area contributed by atoms with E-state index in [9.17, 15) is 28.8 Å². The van der Waals surface area contributed by atoms with Crippen molar-refractivity contribution in [3.63, 3.8) is 0 Å². The second kappa shape index (κ2) is 17.8. The lowest BCUT2D eigenvalue weighted by Crippen LogP contribution is -2.56. The molecule has 52 heavy (non-hydrogen) atoms. The maximum absolute atomic E-state index is 14.0. The summed E-state index contributed by atoms with van der Waals surface area (Å²) in [4.78, 5) is 80.1. The predicted molar refractivity (Wildman–Crippen MR) is 185 cm³/mol. The van der Waals surface area contributed by atoms with Crippen LogP contribution in [-0.2, 0) is 30.4 Å². The second-order valence-electron chi connectivity index (χ2n) is 12.0. The van der Waals surface area contributed by atoms with Gasteiger partial charge in [0.1, 0.15) is 42.8 Å². The first-order chi connectivity index (χ1) is 24.8. The van der Waals surface area contributed by atoms with Gasteiger partial charge in [0, 0.05) is 44.6 Å². The van der Waals surface area contributed by atoms with E-state index in [4.69, 9.17) is 20.9 Å². The van der Waals surface area contributed by atoms with Crippen LogP contribution in [0.2, 0.25) is 0 Å². The van der Waals surface area contributed by atoms with Crippen molar-refractivity contribution in [1.82, 2.24) is 46.8 Å². The molecule has 4 bridgehead atoms. The molecule has 0 saturated heterocycles. The summed E-state index contributed by atoms with van der Waals surface area (Å²) in [6.45, 7) is 4.44. The Morgan fingerprint density at radius 2 is 1.63 bits per heavy atom. The Bertz CT molecular complexity index is 1780. The molecule has 2 aromatic carbocycles. The van der Waals surface area contributed by atoms with E-state index in [1.54, 1.807) is 36.4 Å².